The number of benzene rings is 1. The summed E-state index contributed by atoms with van der Waals surface area (Å²) in [7, 11) is -3.92. The SMILES string of the molecule is C[C@H]1Cn2ncc(S(=O)(=O)N3CC[C@@H](O)C3)c2CN1C(=O)Nc1cc(F)c(F)c(F)c1. The lowest BCUT2D eigenvalue weighted by atomic mass is 10.2. The number of β-amino-alcohol motifs (C(OH)–C–C–N with tert-alkyl or cyclic N) is 1. The number of hydrogen-bond donors (Lipinski definition) is 2. The lowest BCUT2D eigenvalue weighted by Gasteiger charge is -2.34. The minimum absolute atomic E-state index is 0.0186. The van der Waals surface area contributed by atoms with Gasteiger partial charge in [0, 0.05) is 30.9 Å². The molecule has 0 radical (unpaired) electrons. The first-order valence-electron chi connectivity index (χ1n) is 9.53. The van der Waals surface area contributed by atoms with E-state index in [-0.39, 0.29) is 42.5 Å². The number of sulfonamides is 1. The Hall–Kier alpha value is -2.64. The van der Waals surface area contributed by atoms with E-state index in [9.17, 15) is 31.5 Å². The third-order valence-corrected chi connectivity index (χ3v) is 7.35. The van der Waals surface area contributed by atoms with E-state index in [0.29, 0.717) is 18.6 Å². The molecule has 0 saturated carbocycles. The average Bonchev–Trinajstić information content (AvgIpc) is 3.31. The number of amides is 2. The molecule has 1 aromatic carbocycles. The van der Waals surface area contributed by atoms with Crippen LogP contribution >= 0.6 is 0 Å². The van der Waals surface area contributed by atoms with Gasteiger partial charge < -0.3 is 15.3 Å². The number of carbonyl (C=O) groups excluding carboxylic acids is 1. The van der Waals surface area contributed by atoms with Crippen molar-refractivity contribution < 1.29 is 31.5 Å². The van der Waals surface area contributed by atoms with Gasteiger partial charge in [-0.3, -0.25) is 4.68 Å². The highest BCUT2D eigenvalue weighted by Gasteiger charge is 2.38. The quantitative estimate of drug-likeness (QED) is 0.677. The third kappa shape index (κ3) is 3.88. The number of aliphatic hydroxyl groups excluding tert-OH is 1. The molecular weight excluding hydrogens is 439 g/mol. The van der Waals surface area contributed by atoms with E-state index in [2.05, 4.69) is 10.4 Å². The summed E-state index contributed by atoms with van der Waals surface area (Å²) in [6.45, 7) is 1.95. The summed E-state index contributed by atoms with van der Waals surface area (Å²) < 4.78 is 68.7. The van der Waals surface area contributed by atoms with Gasteiger partial charge >= 0.3 is 6.03 Å². The van der Waals surface area contributed by atoms with Crippen molar-refractivity contribution in [1.82, 2.24) is 19.0 Å². The second kappa shape index (κ2) is 7.80. The fraction of sp³-hybridized carbons (Fsp3) is 0.444. The van der Waals surface area contributed by atoms with Crippen molar-refractivity contribution in [2.75, 3.05) is 18.4 Å². The summed E-state index contributed by atoms with van der Waals surface area (Å²) in [5.74, 6) is -4.53. The van der Waals surface area contributed by atoms with Gasteiger partial charge in [-0.05, 0) is 13.3 Å². The predicted molar refractivity (Wildman–Crippen MR) is 102 cm³/mol. The van der Waals surface area contributed by atoms with Crippen molar-refractivity contribution in [3.05, 3.63) is 41.5 Å². The molecule has 3 heterocycles. The first-order chi connectivity index (χ1) is 14.6. The van der Waals surface area contributed by atoms with Crippen LogP contribution in [0.25, 0.3) is 0 Å². The molecule has 2 aliphatic heterocycles. The molecule has 0 spiro atoms. The van der Waals surface area contributed by atoms with Gasteiger partial charge in [-0.2, -0.15) is 9.40 Å². The molecule has 1 saturated heterocycles. The lowest BCUT2D eigenvalue weighted by Crippen LogP contribution is -2.47. The molecule has 2 amide bonds. The number of fused-ring (bicyclic) bond motifs is 1. The summed E-state index contributed by atoms with van der Waals surface area (Å²) in [4.78, 5) is 14.0. The van der Waals surface area contributed by atoms with Crippen LogP contribution in [-0.4, -0.2) is 63.8 Å². The van der Waals surface area contributed by atoms with Gasteiger partial charge in [0.1, 0.15) is 4.90 Å². The molecule has 4 rings (SSSR count). The number of anilines is 1. The minimum Gasteiger partial charge on any atom is -0.392 e. The van der Waals surface area contributed by atoms with Gasteiger partial charge in [-0.25, -0.2) is 26.4 Å². The van der Waals surface area contributed by atoms with Crippen molar-refractivity contribution in [2.45, 2.75) is 43.5 Å². The Labute approximate surface area is 176 Å². The third-order valence-electron chi connectivity index (χ3n) is 5.44. The van der Waals surface area contributed by atoms with Crippen LogP contribution in [0.15, 0.2) is 23.2 Å². The molecule has 1 aromatic heterocycles. The van der Waals surface area contributed by atoms with Gasteiger partial charge in [-0.15, -0.1) is 0 Å². The predicted octanol–water partition coefficient (Wildman–Crippen LogP) is 1.49. The van der Waals surface area contributed by atoms with Gasteiger partial charge in [0.2, 0.25) is 10.0 Å². The van der Waals surface area contributed by atoms with E-state index < -0.39 is 45.7 Å². The van der Waals surface area contributed by atoms with Gasteiger partial charge in [0.05, 0.1) is 37.1 Å². The molecule has 0 aliphatic carbocycles. The Balaban J connectivity index is 1.58. The first-order valence-corrected chi connectivity index (χ1v) is 11.0. The number of nitrogens with zero attached hydrogens (tertiary/aromatic N) is 4. The van der Waals surface area contributed by atoms with E-state index in [1.54, 1.807) is 6.92 Å². The first kappa shape index (κ1) is 21.6. The number of hydrogen-bond acceptors (Lipinski definition) is 5. The highest BCUT2D eigenvalue weighted by Crippen LogP contribution is 2.28. The smallest absolute Gasteiger partial charge is 0.322 e. The van der Waals surface area contributed by atoms with Crippen LogP contribution in [0.2, 0.25) is 0 Å². The lowest BCUT2D eigenvalue weighted by molar-refractivity contribution is 0.160. The van der Waals surface area contributed by atoms with Crippen LogP contribution in [0.3, 0.4) is 0 Å². The van der Waals surface area contributed by atoms with Gasteiger partial charge in [-0.1, -0.05) is 0 Å². The largest absolute Gasteiger partial charge is 0.392 e. The highest BCUT2D eigenvalue weighted by molar-refractivity contribution is 7.89. The van der Waals surface area contributed by atoms with Crippen molar-refractivity contribution in [3.8, 4) is 0 Å². The van der Waals surface area contributed by atoms with Crippen LogP contribution in [0, 0.1) is 17.5 Å². The van der Waals surface area contributed by atoms with Crippen molar-refractivity contribution in [2.24, 2.45) is 0 Å². The Kier molecular flexibility index (Phi) is 5.43. The van der Waals surface area contributed by atoms with Crippen molar-refractivity contribution in [3.63, 3.8) is 0 Å². The summed E-state index contributed by atoms with van der Waals surface area (Å²) in [6.07, 6.45) is 0.813. The number of aliphatic hydroxyl groups is 1. The van der Waals surface area contributed by atoms with E-state index >= 15 is 0 Å². The molecule has 31 heavy (non-hydrogen) atoms. The van der Waals surface area contributed by atoms with E-state index in [4.69, 9.17) is 0 Å². The Morgan fingerprint density at radius 2 is 1.90 bits per heavy atom. The maximum atomic E-state index is 13.4. The summed E-state index contributed by atoms with van der Waals surface area (Å²) >= 11 is 0. The molecule has 0 bridgehead atoms. The fourth-order valence-electron chi connectivity index (χ4n) is 3.75. The Morgan fingerprint density at radius 3 is 2.52 bits per heavy atom. The van der Waals surface area contributed by atoms with Gasteiger partial charge in [0.15, 0.2) is 17.5 Å². The fourth-order valence-corrected chi connectivity index (χ4v) is 5.40. The van der Waals surface area contributed by atoms with E-state index in [0.717, 1.165) is 0 Å². The maximum Gasteiger partial charge on any atom is 0.322 e. The van der Waals surface area contributed by atoms with Gasteiger partial charge in [0.25, 0.3) is 0 Å². The van der Waals surface area contributed by atoms with Crippen molar-refractivity contribution >= 4 is 21.7 Å². The standard InChI is InChI=1S/C18H20F3N5O4S/c1-10-7-26-15(16(6-22-26)31(29,30)24-3-2-12(27)8-24)9-25(10)18(28)23-11-4-13(19)17(21)14(20)5-11/h4-6,10,12,27H,2-3,7-9H2,1H3,(H,23,28)/t10-,12+/m0/s1. The second-order valence-electron chi connectivity index (χ2n) is 7.60. The zero-order valence-corrected chi connectivity index (χ0v) is 17.2. The number of urea groups is 1. The molecular formula is C18H20F3N5O4S. The molecule has 2 aromatic rings. The molecule has 168 valence electrons. The Morgan fingerprint density at radius 1 is 1.23 bits per heavy atom. The number of nitrogens with one attached hydrogen (secondary N) is 1. The minimum atomic E-state index is -3.92. The van der Waals surface area contributed by atoms with Crippen LogP contribution in [0.5, 0.6) is 0 Å². The highest BCUT2D eigenvalue weighted by atomic mass is 32.2. The summed E-state index contributed by atoms with van der Waals surface area (Å²) in [5.41, 5.74) is 0.0117. The zero-order chi connectivity index (χ0) is 22.5. The summed E-state index contributed by atoms with van der Waals surface area (Å²) in [5, 5.41) is 16.1. The maximum absolute atomic E-state index is 13.4. The summed E-state index contributed by atoms with van der Waals surface area (Å²) in [6, 6.07) is 0.171. The second-order valence-corrected chi connectivity index (χ2v) is 9.51. The van der Waals surface area contributed by atoms with Crippen LogP contribution in [-0.2, 0) is 23.1 Å². The number of aromatic nitrogens is 2. The number of carbonyl (C=O) groups is 1. The molecule has 9 nitrogen and oxygen atoms in total. The Bertz CT molecular complexity index is 1120. The molecule has 2 aliphatic rings. The number of halogens is 3. The molecule has 0 unspecified atom stereocenters. The normalized spacial score (nSPS) is 21.9. The zero-order valence-electron chi connectivity index (χ0n) is 16.4. The van der Waals surface area contributed by atoms with Crippen LogP contribution in [0.4, 0.5) is 23.7 Å². The molecule has 2 atom stereocenters. The van der Waals surface area contributed by atoms with Crippen LogP contribution < -0.4 is 5.32 Å². The number of rotatable bonds is 3. The molecule has 1 fully saturated rings. The molecule has 13 heteroatoms. The average molecular weight is 459 g/mol. The molecule has 2 N–H and O–H groups in total. The van der Waals surface area contributed by atoms with Crippen molar-refractivity contribution in [1.29, 1.82) is 0 Å². The van der Waals surface area contributed by atoms with E-state index in [1.807, 2.05) is 0 Å². The van der Waals surface area contributed by atoms with Crippen LogP contribution in [0.1, 0.15) is 19.0 Å². The van der Waals surface area contributed by atoms with E-state index in [1.165, 1.54) is 20.1 Å². The topological polar surface area (TPSA) is 108 Å². The monoisotopic (exact) mass is 459 g/mol.